The number of rotatable bonds is 18. The third kappa shape index (κ3) is 9.88. The van der Waals surface area contributed by atoms with Crippen LogP contribution in [0.3, 0.4) is 0 Å². The number of fused-ring (bicyclic) bond motifs is 1. The van der Waals surface area contributed by atoms with Crippen molar-refractivity contribution in [3.8, 4) is 0 Å². The Morgan fingerprint density at radius 1 is 1.20 bits per heavy atom. The molecule has 1 aromatic carbocycles. The molecule has 11 heteroatoms. The van der Waals surface area contributed by atoms with Gasteiger partial charge in [-0.15, -0.1) is 0 Å². The third-order valence-corrected chi connectivity index (χ3v) is 12.6. The number of Topliss-reactive ketones (excluding diaryl/α,β-unsaturated/α-hetero) is 1. The standard InChI is InChI=1S/C45H68N4O7/c1-8-47-37(18-17-27(2)3)28(4)12-9-14-32(26-51)34-20-22-45(41(34)54)36(16-11-23-50)33(19-21-44(45,7)56)30(6)38(53)24-31-13-10-15-35-39(31)40(48-25-29(5)52)43(55)49-42(35)46/h9-10,12-15,17,29,34,36-37,40-42,47-48,50-52,54,56H,4,8,11,16,18-26,46H2,1-3,5-7H3,(H,49,55)/t29-,34-,36+,37-,40-,41+,42-,44+,45+/m0/s1. The molecule has 4 rings (SSSR count). The van der Waals surface area contributed by atoms with Crippen molar-refractivity contribution in [3.05, 3.63) is 93.6 Å². The molecule has 2 aliphatic carbocycles. The van der Waals surface area contributed by atoms with Crippen molar-refractivity contribution < 1.29 is 35.1 Å². The summed E-state index contributed by atoms with van der Waals surface area (Å²) in [5.74, 6) is -1.31. The molecule has 2 saturated carbocycles. The average molecular weight is 777 g/mol. The lowest BCUT2D eigenvalue weighted by molar-refractivity contribution is -0.167. The summed E-state index contributed by atoms with van der Waals surface area (Å²) in [6.45, 7) is 16.3. The summed E-state index contributed by atoms with van der Waals surface area (Å²) < 4.78 is 0. The van der Waals surface area contributed by atoms with Gasteiger partial charge in [0.25, 0.3) is 0 Å². The number of amides is 1. The predicted molar refractivity (Wildman–Crippen MR) is 221 cm³/mol. The fourth-order valence-electron chi connectivity index (χ4n) is 9.56. The second-order valence-electron chi connectivity index (χ2n) is 16.6. The summed E-state index contributed by atoms with van der Waals surface area (Å²) in [5.41, 5.74) is 10.2. The van der Waals surface area contributed by atoms with E-state index in [2.05, 4.69) is 49.4 Å². The first-order chi connectivity index (χ1) is 26.5. The van der Waals surface area contributed by atoms with Crippen LogP contribution in [0.25, 0.3) is 0 Å². The van der Waals surface area contributed by atoms with Gasteiger partial charge in [-0.2, -0.15) is 0 Å². The first-order valence-electron chi connectivity index (χ1n) is 20.4. The maximum Gasteiger partial charge on any atom is 0.243 e. The number of likely N-dealkylation sites (N-methyl/N-ethyl adjacent to an activating group) is 1. The molecule has 56 heavy (non-hydrogen) atoms. The molecule has 1 heterocycles. The Labute approximate surface area is 333 Å². The number of nitrogens with two attached hydrogens (primary N) is 1. The zero-order valence-electron chi connectivity index (χ0n) is 34.4. The predicted octanol–water partition coefficient (Wildman–Crippen LogP) is 4.27. The molecule has 11 nitrogen and oxygen atoms in total. The normalized spacial score (nSPS) is 29.9. The molecule has 9 atom stereocenters. The van der Waals surface area contributed by atoms with E-state index in [4.69, 9.17) is 5.73 Å². The third-order valence-electron chi connectivity index (χ3n) is 12.6. The molecule has 310 valence electrons. The number of aliphatic hydroxyl groups excluding tert-OH is 4. The molecule has 1 aliphatic heterocycles. The van der Waals surface area contributed by atoms with Crippen LogP contribution in [-0.4, -0.2) is 87.4 Å². The summed E-state index contributed by atoms with van der Waals surface area (Å²) >= 11 is 0. The summed E-state index contributed by atoms with van der Waals surface area (Å²) in [7, 11) is 0. The molecular weight excluding hydrogens is 709 g/mol. The van der Waals surface area contributed by atoms with E-state index in [0.29, 0.717) is 66.4 Å². The highest BCUT2D eigenvalue weighted by Crippen LogP contribution is 2.63. The molecule has 10 N–H and O–H groups in total. The van der Waals surface area contributed by atoms with Crippen molar-refractivity contribution in [2.45, 2.75) is 129 Å². The molecule has 0 aromatic heterocycles. The fourth-order valence-corrected chi connectivity index (χ4v) is 9.56. The van der Waals surface area contributed by atoms with E-state index in [9.17, 15) is 35.1 Å². The Balaban J connectivity index is 1.68. The van der Waals surface area contributed by atoms with Crippen LogP contribution in [0.1, 0.15) is 115 Å². The first-order valence-corrected chi connectivity index (χ1v) is 20.4. The average Bonchev–Trinajstić information content (AvgIpc) is 3.49. The molecule has 1 aromatic rings. The second-order valence-corrected chi connectivity index (χ2v) is 16.6. The molecular formula is C45H68N4O7. The molecule has 1 amide bonds. The SMILES string of the molecule is C=C(C=CC=C(CO)[C@@H]1CC[C@@]2([C@H](CCCO)C(=C(C)C(=O)Cc3cccc4c3[C@H](NC[C@H](C)O)C(=O)N[C@@H]4N)CC[C@@]2(C)O)[C@@H]1O)[C@H](CC=C(C)C)NCC. The summed E-state index contributed by atoms with van der Waals surface area (Å²) in [4.78, 5) is 27.5. The largest absolute Gasteiger partial charge is 0.396 e. The van der Waals surface area contributed by atoms with Gasteiger partial charge < -0.3 is 41.9 Å². The van der Waals surface area contributed by atoms with E-state index < -0.39 is 47.3 Å². The summed E-state index contributed by atoms with van der Waals surface area (Å²) in [6.07, 6.45) is 8.87. The Morgan fingerprint density at radius 3 is 2.57 bits per heavy atom. The molecule has 0 saturated heterocycles. The van der Waals surface area contributed by atoms with Crippen LogP contribution < -0.4 is 21.7 Å². The van der Waals surface area contributed by atoms with Crippen molar-refractivity contribution in [1.82, 2.24) is 16.0 Å². The number of carbonyl (C=O) groups is 2. The van der Waals surface area contributed by atoms with Gasteiger partial charge >= 0.3 is 0 Å². The lowest BCUT2D eigenvalue weighted by Crippen LogP contribution is -2.59. The number of carbonyl (C=O) groups excluding carboxylic acids is 2. The van der Waals surface area contributed by atoms with Crippen LogP contribution in [0, 0.1) is 17.3 Å². The highest BCUT2D eigenvalue weighted by Gasteiger charge is 2.64. The highest BCUT2D eigenvalue weighted by atomic mass is 16.3. The van der Waals surface area contributed by atoms with E-state index in [1.165, 1.54) is 5.57 Å². The van der Waals surface area contributed by atoms with Gasteiger partial charge in [0.15, 0.2) is 5.78 Å². The number of benzene rings is 1. The van der Waals surface area contributed by atoms with E-state index >= 15 is 0 Å². The number of allylic oxidation sites excluding steroid dienone is 5. The van der Waals surface area contributed by atoms with E-state index in [0.717, 1.165) is 24.1 Å². The van der Waals surface area contributed by atoms with Crippen LogP contribution >= 0.6 is 0 Å². The van der Waals surface area contributed by atoms with E-state index in [1.807, 2.05) is 43.4 Å². The number of nitrogens with one attached hydrogen (secondary N) is 3. The van der Waals surface area contributed by atoms with Gasteiger partial charge in [0, 0.05) is 36.9 Å². The molecule has 0 unspecified atom stereocenters. The van der Waals surface area contributed by atoms with E-state index in [1.54, 1.807) is 13.8 Å². The molecule has 3 aliphatic rings. The van der Waals surface area contributed by atoms with Crippen molar-refractivity contribution in [1.29, 1.82) is 0 Å². The highest BCUT2D eigenvalue weighted by molar-refractivity contribution is 5.98. The van der Waals surface area contributed by atoms with Crippen LogP contribution in [0.15, 0.2) is 76.9 Å². The van der Waals surface area contributed by atoms with Gasteiger partial charge in [-0.1, -0.05) is 67.2 Å². The lowest BCUT2D eigenvalue weighted by atomic mass is 9.52. The maximum atomic E-state index is 14.4. The smallest absolute Gasteiger partial charge is 0.243 e. The van der Waals surface area contributed by atoms with Gasteiger partial charge in [-0.3, -0.25) is 14.9 Å². The molecule has 1 spiro atoms. The van der Waals surface area contributed by atoms with Crippen LogP contribution in [0.4, 0.5) is 0 Å². The Morgan fingerprint density at radius 2 is 1.93 bits per heavy atom. The van der Waals surface area contributed by atoms with Gasteiger partial charge in [-0.25, -0.2) is 0 Å². The fraction of sp³-hybridized carbons (Fsp3) is 0.600. The number of hydrogen-bond acceptors (Lipinski definition) is 10. The second kappa shape index (κ2) is 19.9. The minimum atomic E-state index is -1.28. The van der Waals surface area contributed by atoms with Crippen LogP contribution in [-0.2, 0) is 16.0 Å². The van der Waals surface area contributed by atoms with Gasteiger partial charge in [0.2, 0.25) is 5.91 Å². The van der Waals surface area contributed by atoms with Crippen molar-refractivity contribution in [3.63, 3.8) is 0 Å². The zero-order valence-corrected chi connectivity index (χ0v) is 34.4. The summed E-state index contributed by atoms with van der Waals surface area (Å²) in [6, 6.07) is 4.75. The molecule has 2 fully saturated rings. The zero-order chi connectivity index (χ0) is 41.4. The Hall–Kier alpha value is -3.26. The lowest BCUT2D eigenvalue weighted by Gasteiger charge is -2.55. The maximum absolute atomic E-state index is 14.4. The van der Waals surface area contributed by atoms with E-state index in [-0.39, 0.29) is 43.9 Å². The Kier molecular flexibility index (Phi) is 16.2. The molecule has 0 radical (unpaired) electrons. The minimum absolute atomic E-state index is 0.00462. The number of ketones is 1. The molecule has 0 bridgehead atoms. The van der Waals surface area contributed by atoms with Crippen LogP contribution in [0.5, 0.6) is 0 Å². The van der Waals surface area contributed by atoms with Crippen molar-refractivity contribution >= 4 is 11.7 Å². The quantitative estimate of drug-likeness (QED) is 0.0590. The first kappa shape index (κ1) is 45.4. The van der Waals surface area contributed by atoms with Gasteiger partial charge in [-0.05, 0) is 125 Å². The summed E-state index contributed by atoms with van der Waals surface area (Å²) in [5, 5.41) is 64.7. The van der Waals surface area contributed by atoms with Crippen molar-refractivity contribution in [2.24, 2.45) is 23.0 Å². The number of aliphatic hydroxyl groups is 5. The van der Waals surface area contributed by atoms with Crippen molar-refractivity contribution in [2.75, 3.05) is 26.3 Å². The topological polar surface area (TPSA) is 197 Å². The Bertz CT molecular complexity index is 1690. The van der Waals surface area contributed by atoms with Gasteiger partial charge in [0.05, 0.1) is 24.4 Å². The van der Waals surface area contributed by atoms with Crippen LogP contribution in [0.2, 0.25) is 0 Å². The minimum Gasteiger partial charge on any atom is -0.396 e. The number of hydrogen-bond donors (Lipinski definition) is 9. The monoisotopic (exact) mass is 777 g/mol. The van der Waals surface area contributed by atoms with Gasteiger partial charge in [0.1, 0.15) is 12.2 Å².